The van der Waals surface area contributed by atoms with E-state index in [1.54, 1.807) is 11.5 Å². The zero-order valence-corrected chi connectivity index (χ0v) is 11.8. The molecule has 1 aliphatic rings. The maximum atomic E-state index is 11.7. The van der Waals surface area contributed by atoms with Gasteiger partial charge >= 0.3 is 5.97 Å². The number of ether oxygens (including phenoxy) is 1. The van der Waals surface area contributed by atoms with E-state index in [-0.39, 0.29) is 11.9 Å². The molecule has 1 saturated heterocycles. The molecule has 0 radical (unpaired) electrons. The van der Waals surface area contributed by atoms with Crippen LogP contribution in [0.2, 0.25) is 0 Å². The fraction of sp³-hybridized carbons (Fsp3) is 0.692. The molecule has 1 aromatic rings. The molecule has 1 aliphatic heterocycles. The third-order valence-electron chi connectivity index (χ3n) is 3.18. The van der Waals surface area contributed by atoms with E-state index in [2.05, 4.69) is 15.3 Å². The standard InChI is InChI=1S/C13H20N2O2S/c1-3-17-13(16)11-5-4-6-15(8-11)9-12-7-10(2)14-18-12/h7,11H,3-6,8-9H2,1-2H3. The molecule has 0 saturated carbocycles. The average molecular weight is 268 g/mol. The lowest BCUT2D eigenvalue weighted by Crippen LogP contribution is -2.38. The van der Waals surface area contributed by atoms with Gasteiger partial charge in [-0.1, -0.05) is 0 Å². The number of aryl methyl sites for hydroxylation is 1. The Kier molecular flexibility index (Phi) is 4.72. The molecular weight excluding hydrogens is 248 g/mol. The van der Waals surface area contributed by atoms with Gasteiger partial charge in [0.2, 0.25) is 0 Å². The zero-order valence-electron chi connectivity index (χ0n) is 11.0. The first kappa shape index (κ1) is 13.5. The molecule has 0 aliphatic carbocycles. The summed E-state index contributed by atoms with van der Waals surface area (Å²) in [7, 11) is 0. The highest BCUT2D eigenvalue weighted by atomic mass is 32.1. The van der Waals surface area contributed by atoms with Crippen molar-refractivity contribution in [1.82, 2.24) is 9.27 Å². The van der Waals surface area contributed by atoms with Gasteiger partial charge in [0.25, 0.3) is 0 Å². The maximum absolute atomic E-state index is 11.7. The highest BCUT2D eigenvalue weighted by Gasteiger charge is 2.26. The summed E-state index contributed by atoms with van der Waals surface area (Å²) in [6.07, 6.45) is 2.03. The highest BCUT2D eigenvalue weighted by molar-refractivity contribution is 7.05. The molecule has 0 amide bonds. The molecule has 2 rings (SSSR count). The van der Waals surface area contributed by atoms with Crippen LogP contribution in [-0.2, 0) is 16.1 Å². The number of hydrogen-bond donors (Lipinski definition) is 0. The van der Waals surface area contributed by atoms with E-state index in [4.69, 9.17) is 4.74 Å². The maximum Gasteiger partial charge on any atom is 0.310 e. The number of likely N-dealkylation sites (tertiary alicyclic amines) is 1. The largest absolute Gasteiger partial charge is 0.466 e. The Morgan fingerprint density at radius 3 is 3.17 bits per heavy atom. The van der Waals surface area contributed by atoms with Crippen molar-refractivity contribution in [2.75, 3.05) is 19.7 Å². The van der Waals surface area contributed by atoms with Crippen LogP contribution in [0.1, 0.15) is 30.3 Å². The number of piperidine rings is 1. The second-order valence-electron chi connectivity index (χ2n) is 4.76. The summed E-state index contributed by atoms with van der Waals surface area (Å²) in [5.41, 5.74) is 1.08. The van der Waals surface area contributed by atoms with Crippen LogP contribution in [0.5, 0.6) is 0 Å². The van der Waals surface area contributed by atoms with E-state index in [0.717, 1.165) is 38.2 Å². The number of aromatic nitrogens is 1. The van der Waals surface area contributed by atoms with Crippen LogP contribution in [0, 0.1) is 12.8 Å². The minimum atomic E-state index is -0.0392. The lowest BCUT2D eigenvalue weighted by Gasteiger charge is -2.30. The van der Waals surface area contributed by atoms with Crippen molar-refractivity contribution in [1.29, 1.82) is 0 Å². The van der Waals surface area contributed by atoms with E-state index in [1.807, 2.05) is 13.8 Å². The number of nitrogens with zero attached hydrogens (tertiary/aromatic N) is 2. The SMILES string of the molecule is CCOC(=O)C1CCCN(Cc2cc(C)ns2)C1. The molecule has 1 aromatic heterocycles. The number of esters is 1. The molecule has 0 N–H and O–H groups in total. The van der Waals surface area contributed by atoms with Crippen LogP contribution in [0.25, 0.3) is 0 Å². The molecule has 1 atom stereocenters. The van der Waals surface area contributed by atoms with Gasteiger partial charge in [-0.3, -0.25) is 9.69 Å². The Morgan fingerprint density at radius 2 is 2.50 bits per heavy atom. The van der Waals surface area contributed by atoms with E-state index in [0.29, 0.717) is 6.61 Å². The van der Waals surface area contributed by atoms with Gasteiger partial charge in [0, 0.05) is 18.0 Å². The third-order valence-corrected chi connectivity index (χ3v) is 4.04. The lowest BCUT2D eigenvalue weighted by atomic mass is 9.98. The predicted molar refractivity (Wildman–Crippen MR) is 71.5 cm³/mol. The summed E-state index contributed by atoms with van der Waals surface area (Å²) >= 11 is 1.56. The van der Waals surface area contributed by atoms with Crippen molar-refractivity contribution in [2.24, 2.45) is 5.92 Å². The Hall–Kier alpha value is -0.940. The van der Waals surface area contributed by atoms with Gasteiger partial charge in [-0.2, -0.15) is 4.37 Å². The second kappa shape index (κ2) is 6.29. The van der Waals surface area contributed by atoms with Crippen molar-refractivity contribution in [2.45, 2.75) is 33.2 Å². The van der Waals surface area contributed by atoms with Crippen molar-refractivity contribution >= 4 is 17.5 Å². The highest BCUT2D eigenvalue weighted by Crippen LogP contribution is 2.21. The van der Waals surface area contributed by atoms with Gasteiger partial charge in [0.15, 0.2) is 0 Å². The first-order chi connectivity index (χ1) is 8.69. The molecule has 5 heteroatoms. The molecule has 18 heavy (non-hydrogen) atoms. The van der Waals surface area contributed by atoms with Crippen LogP contribution in [-0.4, -0.2) is 34.9 Å². The topological polar surface area (TPSA) is 42.4 Å². The predicted octanol–water partition coefficient (Wildman–Crippen LogP) is 2.23. The fourth-order valence-corrected chi connectivity index (χ4v) is 3.14. The molecule has 0 bridgehead atoms. The molecule has 0 aromatic carbocycles. The van der Waals surface area contributed by atoms with Crippen LogP contribution in [0.4, 0.5) is 0 Å². The summed E-state index contributed by atoms with van der Waals surface area (Å²) < 4.78 is 9.40. The Balaban J connectivity index is 1.88. The van der Waals surface area contributed by atoms with Crippen molar-refractivity contribution in [3.05, 3.63) is 16.6 Å². The quantitative estimate of drug-likeness (QED) is 0.785. The molecule has 0 spiro atoms. The number of hydrogen-bond acceptors (Lipinski definition) is 5. The molecule has 4 nitrogen and oxygen atoms in total. The lowest BCUT2D eigenvalue weighted by molar-refractivity contribution is -0.150. The molecular formula is C13H20N2O2S. The average Bonchev–Trinajstić information content (AvgIpc) is 2.75. The first-order valence-corrected chi connectivity index (χ1v) is 7.27. The van der Waals surface area contributed by atoms with Gasteiger partial charge in [-0.15, -0.1) is 0 Å². The Bertz CT molecular complexity index is 405. The smallest absolute Gasteiger partial charge is 0.310 e. The number of carbonyl (C=O) groups is 1. The van der Waals surface area contributed by atoms with Crippen LogP contribution in [0.3, 0.4) is 0 Å². The number of rotatable bonds is 4. The molecule has 100 valence electrons. The summed E-state index contributed by atoms with van der Waals surface area (Å²) in [6, 6.07) is 2.12. The summed E-state index contributed by atoms with van der Waals surface area (Å²) in [6.45, 7) is 7.13. The van der Waals surface area contributed by atoms with Gasteiger partial charge in [-0.05, 0) is 50.8 Å². The van der Waals surface area contributed by atoms with Gasteiger partial charge in [-0.25, -0.2) is 0 Å². The summed E-state index contributed by atoms with van der Waals surface area (Å²) in [4.78, 5) is 15.3. The van der Waals surface area contributed by atoms with Crippen molar-refractivity contribution in [3.63, 3.8) is 0 Å². The summed E-state index contributed by atoms with van der Waals surface area (Å²) in [5.74, 6) is 0.00963. The van der Waals surface area contributed by atoms with E-state index in [9.17, 15) is 4.79 Å². The van der Waals surface area contributed by atoms with E-state index in [1.165, 1.54) is 4.88 Å². The van der Waals surface area contributed by atoms with Crippen LogP contribution < -0.4 is 0 Å². The third kappa shape index (κ3) is 3.53. The van der Waals surface area contributed by atoms with Crippen LogP contribution >= 0.6 is 11.5 Å². The van der Waals surface area contributed by atoms with E-state index < -0.39 is 0 Å². The van der Waals surface area contributed by atoms with Gasteiger partial charge in [0.1, 0.15) is 0 Å². The fourth-order valence-electron chi connectivity index (χ4n) is 2.36. The van der Waals surface area contributed by atoms with Crippen molar-refractivity contribution < 1.29 is 9.53 Å². The minimum Gasteiger partial charge on any atom is -0.466 e. The Morgan fingerprint density at radius 1 is 1.67 bits per heavy atom. The van der Waals surface area contributed by atoms with Crippen molar-refractivity contribution in [3.8, 4) is 0 Å². The normalized spacial score (nSPS) is 20.9. The van der Waals surface area contributed by atoms with E-state index >= 15 is 0 Å². The molecule has 1 fully saturated rings. The molecule has 1 unspecified atom stereocenters. The van der Waals surface area contributed by atoms with Crippen LogP contribution in [0.15, 0.2) is 6.07 Å². The zero-order chi connectivity index (χ0) is 13.0. The second-order valence-corrected chi connectivity index (χ2v) is 5.65. The van der Waals surface area contributed by atoms with Gasteiger partial charge < -0.3 is 4.74 Å². The monoisotopic (exact) mass is 268 g/mol. The molecule has 2 heterocycles. The number of carbonyl (C=O) groups excluding carboxylic acids is 1. The Labute approximate surface area is 112 Å². The first-order valence-electron chi connectivity index (χ1n) is 6.50. The minimum absolute atomic E-state index is 0.0392. The summed E-state index contributed by atoms with van der Waals surface area (Å²) in [5, 5.41) is 0. The van der Waals surface area contributed by atoms with Gasteiger partial charge in [0.05, 0.1) is 18.2 Å².